The maximum absolute atomic E-state index is 12.4. The molecule has 0 aliphatic carbocycles. The number of carbonyl (C=O) groups is 1. The van der Waals surface area contributed by atoms with Crippen molar-refractivity contribution < 1.29 is 4.79 Å². The Hall–Kier alpha value is -0.260. The number of likely N-dealkylation sites (N-methyl/N-ethyl adjacent to an activating group) is 1. The van der Waals surface area contributed by atoms with Crippen molar-refractivity contribution in [2.24, 2.45) is 5.92 Å². The number of thioether (sulfide) groups is 1. The number of amides is 1. The van der Waals surface area contributed by atoms with Crippen LogP contribution in [0.1, 0.15) is 38.5 Å². The van der Waals surface area contributed by atoms with E-state index in [-0.39, 0.29) is 0 Å². The van der Waals surface area contributed by atoms with Crippen LogP contribution in [-0.4, -0.2) is 84.5 Å². The first-order valence-electron chi connectivity index (χ1n) is 9.50. The van der Waals surface area contributed by atoms with E-state index in [0.29, 0.717) is 5.91 Å². The van der Waals surface area contributed by atoms with E-state index in [0.717, 1.165) is 51.0 Å². The minimum atomic E-state index is 0.393. The van der Waals surface area contributed by atoms with Gasteiger partial charge in [-0.15, -0.1) is 0 Å². The van der Waals surface area contributed by atoms with E-state index < -0.39 is 0 Å². The molecule has 0 N–H and O–H groups in total. The molecular weight excluding hydrogens is 306 g/mol. The third-order valence-electron chi connectivity index (χ3n) is 5.88. The van der Waals surface area contributed by atoms with Crippen LogP contribution >= 0.6 is 11.8 Å². The molecule has 3 aliphatic rings. The highest BCUT2D eigenvalue weighted by Gasteiger charge is 2.28. The van der Waals surface area contributed by atoms with Crippen LogP contribution < -0.4 is 0 Å². The quantitative estimate of drug-likeness (QED) is 0.784. The van der Waals surface area contributed by atoms with E-state index in [1.807, 2.05) is 0 Å². The summed E-state index contributed by atoms with van der Waals surface area (Å²) in [7, 11) is 2.14. The van der Waals surface area contributed by atoms with Crippen LogP contribution in [0.5, 0.6) is 0 Å². The fraction of sp³-hybridized carbons (Fsp3) is 0.944. The molecule has 0 aromatic carbocycles. The summed E-state index contributed by atoms with van der Waals surface area (Å²) in [5, 5.41) is 0. The molecule has 3 saturated heterocycles. The minimum Gasteiger partial charge on any atom is -0.340 e. The van der Waals surface area contributed by atoms with E-state index >= 15 is 0 Å². The summed E-state index contributed by atoms with van der Waals surface area (Å²) in [5.74, 6) is 3.82. The Labute approximate surface area is 145 Å². The molecule has 0 aromatic heterocycles. The largest absolute Gasteiger partial charge is 0.340 e. The molecule has 5 heteroatoms. The molecule has 3 fully saturated rings. The van der Waals surface area contributed by atoms with Gasteiger partial charge in [-0.05, 0) is 63.1 Å². The molecule has 0 bridgehead atoms. The zero-order valence-corrected chi connectivity index (χ0v) is 15.5. The number of piperidine rings is 1. The average molecular weight is 340 g/mol. The number of nitrogens with zero attached hydrogens (tertiary/aromatic N) is 3. The van der Waals surface area contributed by atoms with Crippen LogP contribution in [0.3, 0.4) is 0 Å². The molecule has 1 atom stereocenters. The summed E-state index contributed by atoms with van der Waals surface area (Å²) in [6.07, 6.45) is 7.27. The van der Waals surface area contributed by atoms with E-state index in [1.54, 1.807) is 0 Å². The molecule has 0 radical (unpaired) electrons. The third kappa shape index (κ3) is 5.10. The highest BCUT2D eigenvalue weighted by molar-refractivity contribution is 7.99. The van der Waals surface area contributed by atoms with Crippen LogP contribution in [0.15, 0.2) is 0 Å². The van der Waals surface area contributed by atoms with Gasteiger partial charge in [0.1, 0.15) is 0 Å². The molecule has 3 heterocycles. The van der Waals surface area contributed by atoms with Gasteiger partial charge in [0, 0.05) is 45.2 Å². The second kappa shape index (κ2) is 8.72. The second-order valence-electron chi connectivity index (χ2n) is 7.57. The predicted octanol–water partition coefficient (Wildman–Crippen LogP) is 2.15. The maximum Gasteiger partial charge on any atom is 0.222 e. The van der Waals surface area contributed by atoms with Crippen molar-refractivity contribution in [1.29, 1.82) is 0 Å². The third-order valence-corrected chi connectivity index (χ3v) is 6.93. The lowest BCUT2D eigenvalue weighted by Gasteiger charge is -2.40. The molecule has 3 rings (SSSR count). The summed E-state index contributed by atoms with van der Waals surface area (Å²) < 4.78 is 0. The Morgan fingerprint density at radius 2 is 1.78 bits per heavy atom. The Bertz CT molecular complexity index is 378. The molecule has 0 unspecified atom stereocenters. The molecule has 4 nitrogen and oxygen atoms in total. The summed E-state index contributed by atoms with van der Waals surface area (Å²) >= 11 is 2.11. The fourth-order valence-corrected chi connectivity index (χ4v) is 5.34. The van der Waals surface area contributed by atoms with Gasteiger partial charge < -0.3 is 14.7 Å². The predicted molar refractivity (Wildman–Crippen MR) is 98.0 cm³/mol. The molecule has 132 valence electrons. The monoisotopic (exact) mass is 339 g/mol. The van der Waals surface area contributed by atoms with E-state index in [9.17, 15) is 4.79 Å². The van der Waals surface area contributed by atoms with Gasteiger partial charge >= 0.3 is 0 Å². The smallest absolute Gasteiger partial charge is 0.222 e. The molecule has 0 aromatic rings. The van der Waals surface area contributed by atoms with Crippen molar-refractivity contribution in [3.05, 3.63) is 0 Å². The van der Waals surface area contributed by atoms with E-state index in [2.05, 4.69) is 33.5 Å². The van der Waals surface area contributed by atoms with Gasteiger partial charge in [-0.3, -0.25) is 4.79 Å². The first kappa shape index (κ1) is 17.6. The summed E-state index contributed by atoms with van der Waals surface area (Å²) in [5.41, 5.74) is 0. The van der Waals surface area contributed by atoms with E-state index in [1.165, 1.54) is 50.3 Å². The lowest BCUT2D eigenvalue weighted by molar-refractivity contribution is -0.133. The number of carbonyl (C=O) groups excluding carboxylic acids is 1. The van der Waals surface area contributed by atoms with Gasteiger partial charge in [-0.1, -0.05) is 0 Å². The van der Waals surface area contributed by atoms with Gasteiger partial charge in [0.05, 0.1) is 0 Å². The van der Waals surface area contributed by atoms with Crippen molar-refractivity contribution in [2.75, 3.05) is 57.8 Å². The van der Waals surface area contributed by atoms with E-state index in [4.69, 9.17) is 0 Å². The number of hydrogen-bond donors (Lipinski definition) is 0. The normalized spacial score (nSPS) is 28.9. The molecule has 0 spiro atoms. The van der Waals surface area contributed by atoms with Gasteiger partial charge in [-0.25, -0.2) is 0 Å². The van der Waals surface area contributed by atoms with Gasteiger partial charge in [0.2, 0.25) is 5.91 Å². The van der Waals surface area contributed by atoms with Crippen molar-refractivity contribution in [3.63, 3.8) is 0 Å². The number of rotatable bonds is 4. The van der Waals surface area contributed by atoms with Crippen LogP contribution in [-0.2, 0) is 4.79 Å². The van der Waals surface area contributed by atoms with Crippen LogP contribution in [0.4, 0.5) is 0 Å². The highest BCUT2D eigenvalue weighted by Crippen LogP contribution is 2.28. The van der Waals surface area contributed by atoms with Gasteiger partial charge in [0.25, 0.3) is 0 Å². The first-order valence-corrected chi connectivity index (χ1v) is 10.7. The number of piperazine rings is 1. The van der Waals surface area contributed by atoms with Crippen molar-refractivity contribution in [1.82, 2.24) is 14.7 Å². The summed E-state index contributed by atoms with van der Waals surface area (Å²) in [6, 6.07) is 0.826. The number of likely N-dealkylation sites (tertiary alicyclic amines) is 1. The Kier molecular flexibility index (Phi) is 6.66. The molecule has 1 amide bonds. The molecule has 23 heavy (non-hydrogen) atoms. The minimum absolute atomic E-state index is 0.393. The zero-order valence-electron chi connectivity index (χ0n) is 14.7. The topological polar surface area (TPSA) is 26.8 Å². The second-order valence-corrected chi connectivity index (χ2v) is 8.79. The SMILES string of the molecule is CN1CCN(C(=O)CC[C@H]2CCCN(C3CCSCC3)C2)CC1. The lowest BCUT2D eigenvalue weighted by atomic mass is 9.91. The summed E-state index contributed by atoms with van der Waals surface area (Å²) in [4.78, 5) is 19.6. The van der Waals surface area contributed by atoms with Gasteiger partial charge in [-0.2, -0.15) is 11.8 Å². The molecule has 0 saturated carbocycles. The standard InChI is InChI=1S/C18H33N3OS/c1-19-9-11-20(12-10-19)18(22)5-4-16-3-2-8-21(15-16)17-6-13-23-14-7-17/h16-17H,2-15H2,1H3/t16-/m1/s1. The zero-order chi connectivity index (χ0) is 16.1. The van der Waals surface area contributed by atoms with Crippen LogP contribution in [0.25, 0.3) is 0 Å². The Balaban J connectivity index is 1.40. The molecule has 3 aliphatic heterocycles. The van der Waals surface area contributed by atoms with Crippen molar-refractivity contribution in [2.45, 2.75) is 44.6 Å². The van der Waals surface area contributed by atoms with Crippen LogP contribution in [0, 0.1) is 5.92 Å². The van der Waals surface area contributed by atoms with Crippen LogP contribution in [0.2, 0.25) is 0 Å². The lowest BCUT2D eigenvalue weighted by Crippen LogP contribution is -2.47. The highest BCUT2D eigenvalue weighted by atomic mass is 32.2. The Morgan fingerprint density at radius 1 is 1.04 bits per heavy atom. The number of hydrogen-bond acceptors (Lipinski definition) is 4. The first-order chi connectivity index (χ1) is 11.2. The molecular formula is C18H33N3OS. The summed E-state index contributed by atoms with van der Waals surface area (Å²) in [6.45, 7) is 6.44. The maximum atomic E-state index is 12.4. The Morgan fingerprint density at radius 3 is 2.52 bits per heavy atom. The van der Waals surface area contributed by atoms with Crippen molar-refractivity contribution >= 4 is 17.7 Å². The van der Waals surface area contributed by atoms with Gasteiger partial charge in [0.15, 0.2) is 0 Å². The average Bonchev–Trinajstić information content (AvgIpc) is 2.61. The fourth-order valence-electron chi connectivity index (χ4n) is 4.26. The van der Waals surface area contributed by atoms with Crippen molar-refractivity contribution in [3.8, 4) is 0 Å².